The summed E-state index contributed by atoms with van der Waals surface area (Å²) in [6.07, 6.45) is 1.21. The van der Waals surface area contributed by atoms with Crippen molar-refractivity contribution < 1.29 is 24.4 Å². The first kappa shape index (κ1) is 14.3. The topological polar surface area (TPSA) is 113 Å². The lowest BCUT2D eigenvalue weighted by Gasteiger charge is -2.27. The molecule has 20 heavy (non-hydrogen) atoms. The number of phenols is 2. The van der Waals surface area contributed by atoms with Crippen molar-refractivity contribution in [2.45, 2.75) is 0 Å². The molecule has 1 aliphatic heterocycles. The number of urea groups is 1. The first-order chi connectivity index (χ1) is 9.34. The molecule has 0 aliphatic carbocycles. The summed E-state index contributed by atoms with van der Waals surface area (Å²) in [4.78, 5) is 22.6. The minimum absolute atomic E-state index is 0.0403. The van der Waals surface area contributed by atoms with Crippen molar-refractivity contribution in [2.75, 3.05) is 13.1 Å². The van der Waals surface area contributed by atoms with Crippen LogP contribution in [-0.2, 0) is 0 Å². The molecule has 1 aromatic rings. The van der Waals surface area contributed by atoms with Crippen LogP contribution >= 0.6 is 11.6 Å². The average molecular weight is 300 g/mol. The molecule has 1 unspecified atom stereocenters. The molecule has 1 atom stereocenters. The largest absolute Gasteiger partial charge is 0.615 e. The summed E-state index contributed by atoms with van der Waals surface area (Å²) in [6.45, 7) is -0.347. The second kappa shape index (κ2) is 5.08. The number of amides is 3. The lowest BCUT2D eigenvalue weighted by atomic mass is 10.2. The molecule has 1 fully saturated rings. The molecule has 2 rings (SSSR count). The van der Waals surface area contributed by atoms with Crippen LogP contribution in [0.2, 0.25) is 0 Å². The van der Waals surface area contributed by atoms with Crippen LogP contribution in [0.15, 0.2) is 23.3 Å². The Balaban J connectivity index is 2.15. The van der Waals surface area contributed by atoms with E-state index in [-0.39, 0.29) is 24.6 Å². The smallest absolute Gasteiger partial charge is 0.448 e. The molecule has 0 spiro atoms. The van der Waals surface area contributed by atoms with Crippen molar-refractivity contribution in [1.29, 1.82) is 0 Å². The number of carbonyl (C=O) groups excluding carboxylic acids is 2. The second-order valence-corrected chi connectivity index (χ2v) is 4.44. The number of hydrazone groups is 1. The highest BCUT2D eigenvalue weighted by Gasteiger charge is 2.45. The standard InChI is InChI=1S/C11H10ClN3O5/c12-10(18)15(20)4-3-14(11(15)19)13-6-7-1-2-8(16)9(17)5-7/h1-2,5-6,16-17H,3-4H2. The molecule has 8 nitrogen and oxygen atoms in total. The summed E-state index contributed by atoms with van der Waals surface area (Å²) < 4.78 is -1.78. The van der Waals surface area contributed by atoms with E-state index in [2.05, 4.69) is 5.10 Å². The maximum atomic E-state index is 11.8. The van der Waals surface area contributed by atoms with Crippen LogP contribution in [0.4, 0.5) is 9.59 Å². The summed E-state index contributed by atoms with van der Waals surface area (Å²) in [5, 5.41) is 33.5. The summed E-state index contributed by atoms with van der Waals surface area (Å²) in [5.41, 5.74) is 0.404. The van der Waals surface area contributed by atoms with Gasteiger partial charge in [0, 0.05) is 11.6 Å². The molecule has 9 heteroatoms. The molecule has 1 aromatic carbocycles. The lowest BCUT2D eigenvalue weighted by Crippen LogP contribution is -2.46. The van der Waals surface area contributed by atoms with Gasteiger partial charge in [-0.3, -0.25) is 0 Å². The van der Waals surface area contributed by atoms with Crippen molar-refractivity contribution in [3.8, 4) is 11.5 Å². The quantitative estimate of drug-likeness (QED) is 0.215. The van der Waals surface area contributed by atoms with E-state index in [1.807, 2.05) is 0 Å². The molecule has 3 amide bonds. The van der Waals surface area contributed by atoms with Crippen molar-refractivity contribution in [2.24, 2.45) is 5.10 Å². The van der Waals surface area contributed by atoms with Gasteiger partial charge in [-0.15, -0.1) is 0 Å². The second-order valence-electron chi connectivity index (χ2n) is 4.11. The number of carbonyl (C=O) groups is 2. The third-order valence-electron chi connectivity index (χ3n) is 2.79. The summed E-state index contributed by atoms with van der Waals surface area (Å²) in [7, 11) is 0. The summed E-state index contributed by atoms with van der Waals surface area (Å²) in [5.74, 6) is -0.631. The van der Waals surface area contributed by atoms with E-state index in [1.165, 1.54) is 24.4 Å². The van der Waals surface area contributed by atoms with E-state index in [0.717, 1.165) is 5.01 Å². The van der Waals surface area contributed by atoms with Gasteiger partial charge in [0.2, 0.25) is 0 Å². The maximum absolute atomic E-state index is 11.8. The van der Waals surface area contributed by atoms with E-state index >= 15 is 0 Å². The van der Waals surface area contributed by atoms with Gasteiger partial charge in [-0.05, 0) is 23.8 Å². The van der Waals surface area contributed by atoms with Crippen LogP contribution in [0.25, 0.3) is 0 Å². The van der Waals surface area contributed by atoms with Gasteiger partial charge < -0.3 is 15.4 Å². The molecule has 0 bridgehead atoms. The van der Waals surface area contributed by atoms with Gasteiger partial charge in [-0.25, -0.2) is 9.59 Å². The first-order valence-electron chi connectivity index (χ1n) is 5.52. The highest BCUT2D eigenvalue weighted by molar-refractivity contribution is 6.61. The number of hydroxylamine groups is 3. The average Bonchev–Trinajstić information content (AvgIpc) is 2.69. The maximum Gasteiger partial charge on any atom is 0.448 e. The predicted molar refractivity (Wildman–Crippen MR) is 69.2 cm³/mol. The highest BCUT2D eigenvalue weighted by Crippen LogP contribution is 2.25. The van der Waals surface area contributed by atoms with Crippen molar-refractivity contribution in [1.82, 2.24) is 5.01 Å². The summed E-state index contributed by atoms with van der Waals surface area (Å²) in [6, 6.07) is 2.86. The Bertz CT molecular complexity index is 606. The zero-order valence-electron chi connectivity index (χ0n) is 10.1. The number of nitrogens with zero attached hydrogens (tertiary/aromatic N) is 3. The Morgan fingerprint density at radius 1 is 1.45 bits per heavy atom. The predicted octanol–water partition coefficient (Wildman–Crippen LogP) is 1.54. The van der Waals surface area contributed by atoms with Gasteiger partial charge >= 0.3 is 11.4 Å². The van der Waals surface area contributed by atoms with Crippen molar-refractivity contribution in [3.05, 3.63) is 29.0 Å². The SMILES string of the molecule is O=C(Cl)[N+]1([O-])CCN(N=Cc2ccc(O)c(O)c2)C1=O. The van der Waals surface area contributed by atoms with Gasteiger partial charge in [0.25, 0.3) is 0 Å². The van der Waals surface area contributed by atoms with Crippen molar-refractivity contribution in [3.63, 3.8) is 0 Å². The number of benzene rings is 1. The highest BCUT2D eigenvalue weighted by atomic mass is 35.5. The van der Waals surface area contributed by atoms with Crippen LogP contribution in [0, 0.1) is 5.21 Å². The minimum atomic E-state index is -1.78. The van der Waals surface area contributed by atoms with E-state index in [0.29, 0.717) is 5.56 Å². The molecule has 0 aromatic heterocycles. The number of hydrogen-bond acceptors (Lipinski definition) is 6. The molecule has 1 heterocycles. The number of aromatic hydroxyl groups is 2. The number of phenolic OH excluding ortho intramolecular Hbond substituents is 2. The third kappa shape index (κ3) is 2.44. The molecular weight excluding hydrogens is 290 g/mol. The fourth-order valence-electron chi connectivity index (χ4n) is 1.64. The van der Waals surface area contributed by atoms with Gasteiger partial charge in [0.15, 0.2) is 11.5 Å². The van der Waals surface area contributed by atoms with Gasteiger partial charge in [-0.2, -0.15) is 14.8 Å². The van der Waals surface area contributed by atoms with E-state index in [4.69, 9.17) is 16.7 Å². The third-order valence-corrected chi connectivity index (χ3v) is 3.06. The number of rotatable bonds is 2. The molecule has 106 valence electrons. The fourth-order valence-corrected chi connectivity index (χ4v) is 1.80. The fraction of sp³-hybridized carbons (Fsp3) is 0.182. The van der Waals surface area contributed by atoms with Crippen LogP contribution < -0.4 is 0 Å². The van der Waals surface area contributed by atoms with E-state index in [1.54, 1.807) is 0 Å². The van der Waals surface area contributed by atoms with Crippen LogP contribution in [0.5, 0.6) is 11.5 Å². The molecule has 0 saturated carbocycles. The molecule has 1 aliphatic rings. The number of hydrogen-bond donors (Lipinski definition) is 2. The van der Waals surface area contributed by atoms with E-state index < -0.39 is 16.0 Å². The normalized spacial score (nSPS) is 22.7. The number of halogens is 1. The monoisotopic (exact) mass is 299 g/mol. The zero-order valence-corrected chi connectivity index (χ0v) is 10.8. The Morgan fingerprint density at radius 3 is 2.70 bits per heavy atom. The van der Waals surface area contributed by atoms with Crippen LogP contribution in [0.1, 0.15) is 5.56 Å². The first-order valence-corrected chi connectivity index (χ1v) is 5.89. The number of quaternary nitrogens is 1. The van der Waals surface area contributed by atoms with Crippen molar-refractivity contribution >= 4 is 29.2 Å². The summed E-state index contributed by atoms with van der Waals surface area (Å²) >= 11 is 5.10. The Morgan fingerprint density at radius 2 is 2.15 bits per heavy atom. The lowest BCUT2D eigenvalue weighted by molar-refractivity contribution is -0.695. The molecule has 1 saturated heterocycles. The number of imide groups is 1. The van der Waals surface area contributed by atoms with Crippen LogP contribution in [-0.4, -0.2) is 50.6 Å². The Labute approximate surface area is 118 Å². The van der Waals surface area contributed by atoms with E-state index in [9.17, 15) is 19.9 Å². The zero-order chi connectivity index (χ0) is 14.9. The molecule has 2 N–H and O–H groups in total. The minimum Gasteiger partial charge on any atom is -0.615 e. The Hall–Kier alpha value is -2.16. The Kier molecular flexibility index (Phi) is 3.62. The molecular formula is C11H10ClN3O5. The van der Waals surface area contributed by atoms with Gasteiger partial charge in [0.05, 0.1) is 6.21 Å². The molecule has 0 radical (unpaired) electrons. The van der Waals surface area contributed by atoms with Gasteiger partial charge in [-0.1, -0.05) is 0 Å². The van der Waals surface area contributed by atoms with Gasteiger partial charge in [0.1, 0.15) is 13.1 Å². The van der Waals surface area contributed by atoms with Crippen LogP contribution in [0.3, 0.4) is 0 Å².